The van der Waals surface area contributed by atoms with Crippen molar-refractivity contribution in [3.63, 3.8) is 0 Å². The van der Waals surface area contributed by atoms with Crippen LogP contribution in [0.3, 0.4) is 0 Å². The number of carbonyl (C=O) groups excluding carboxylic acids is 1. The lowest BCUT2D eigenvalue weighted by Crippen LogP contribution is -2.19. The van der Waals surface area contributed by atoms with E-state index in [9.17, 15) is 4.79 Å². The number of benzene rings is 1. The van der Waals surface area contributed by atoms with E-state index < -0.39 is 6.03 Å². The Kier molecular flexibility index (Phi) is 3.87. The molecule has 1 aromatic carbocycles. The number of nitrogens with one attached hydrogen (secondary N) is 2. The number of methoxy groups -OCH3 is 2. The molecule has 0 radical (unpaired) electrons. The highest BCUT2D eigenvalue weighted by molar-refractivity contribution is 6.00. The molecule has 0 fully saturated rings. The summed E-state index contributed by atoms with van der Waals surface area (Å²) in [5, 5.41) is 8.60. The lowest BCUT2D eigenvalue weighted by molar-refractivity contribution is 0.261. The van der Waals surface area contributed by atoms with Crippen LogP contribution < -0.4 is 20.1 Å². The molecule has 0 aliphatic heterocycles. The summed E-state index contributed by atoms with van der Waals surface area (Å²) in [5.41, 5.74) is 0.485. The molecule has 2 N–H and O–H groups in total. The van der Waals surface area contributed by atoms with Crippen LogP contribution in [0, 0.1) is 0 Å². The molecule has 0 saturated carbocycles. The van der Waals surface area contributed by atoms with Crippen molar-refractivity contribution in [3.05, 3.63) is 30.5 Å². The van der Waals surface area contributed by atoms with Gasteiger partial charge in [0, 0.05) is 12.1 Å². The molecule has 0 saturated heterocycles. The Labute approximate surface area is 109 Å². The van der Waals surface area contributed by atoms with Crippen LogP contribution in [0.15, 0.2) is 35.0 Å². The second-order valence-corrected chi connectivity index (χ2v) is 3.52. The smallest absolute Gasteiger partial charge is 0.326 e. The van der Waals surface area contributed by atoms with Gasteiger partial charge in [0.05, 0.1) is 26.1 Å². The van der Waals surface area contributed by atoms with Gasteiger partial charge in [0.25, 0.3) is 0 Å². The van der Waals surface area contributed by atoms with E-state index in [-0.39, 0.29) is 5.88 Å². The van der Waals surface area contributed by atoms with Crippen molar-refractivity contribution in [2.45, 2.75) is 0 Å². The number of rotatable bonds is 4. The van der Waals surface area contributed by atoms with Gasteiger partial charge in [-0.05, 0) is 12.1 Å². The van der Waals surface area contributed by atoms with Crippen molar-refractivity contribution in [1.82, 2.24) is 5.16 Å². The molecule has 100 valence electrons. The Hall–Kier alpha value is -2.70. The number of carbonyl (C=O) groups is 1. The maximum atomic E-state index is 11.7. The largest absolute Gasteiger partial charge is 0.497 e. The predicted molar refractivity (Wildman–Crippen MR) is 68.7 cm³/mol. The van der Waals surface area contributed by atoms with E-state index in [0.29, 0.717) is 17.2 Å². The van der Waals surface area contributed by atoms with Gasteiger partial charge in [-0.15, -0.1) is 0 Å². The van der Waals surface area contributed by atoms with Crippen LogP contribution in [0.25, 0.3) is 0 Å². The molecule has 2 aromatic rings. The molecule has 0 aliphatic carbocycles. The summed E-state index contributed by atoms with van der Waals surface area (Å²) in [6, 6.07) is 6.14. The number of urea groups is 1. The highest BCUT2D eigenvalue weighted by atomic mass is 16.5. The van der Waals surface area contributed by atoms with Crippen molar-refractivity contribution in [2.75, 3.05) is 24.9 Å². The van der Waals surface area contributed by atoms with Crippen molar-refractivity contribution in [1.29, 1.82) is 0 Å². The van der Waals surface area contributed by atoms with Crippen molar-refractivity contribution < 1.29 is 18.8 Å². The Balaban J connectivity index is 2.10. The van der Waals surface area contributed by atoms with Crippen molar-refractivity contribution >= 4 is 17.6 Å². The van der Waals surface area contributed by atoms with Gasteiger partial charge in [-0.25, -0.2) is 4.79 Å². The van der Waals surface area contributed by atoms with Crippen molar-refractivity contribution in [2.24, 2.45) is 0 Å². The monoisotopic (exact) mass is 263 g/mol. The number of hydrogen-bond acceptors (Lipinski definition) is 5. The number of hydrogen-bond donors (Lipinski definition) is 2. The lowest BCUT2D eigenvalue weighted by Gasteiger charge is -2.11. The summed E-state index contributed by atoms with van der Waals surface area (Å²) in [6.45, 7) is 0. The molecule has 1 aromatic heterocycles. The molecular weight excluding hydrogens is 250 g/mol. The molecule has 0 atom stereocenters. The normalized spacial score (nSPS) is 9.79. The summed E-state index contributed by atoms with van der Waals surface area (Å²) < 4.78 is 15.0. The maximum Gasteiger partial charge on any atom is 0.326 e. The zero-order valence-electron chi connectivity index (χ0n) is 10.5. The highest BCUT2D eigenvalue weighted by Gasteiger charge is 2.10. The average Bonchev–Trinajstić information content (AvgIpc) is 2.91. The fraction of sp³-hybridized carbons (Fsp3) is 0.167. The third-order valence-corrected chi connectivity index (χ3v) is 2.33. The molecule has 0 unspecified atom stereocenters. The molecule has 1 heterocycles. The van der Waals surface area contributed by atoms with Gasteiger partial charge < -0.3 is 19.3 Å². The molecular formula is C12H13N3O4. The molecule has 2 rings (SSSR count). The van der Waals surface area contributed by atoms with E-state index >= 15 is 0 Å². The van der Waals surface area contributed by atoms with Crippen LogP contribution in [-0.4, -0.2) is 25.4 Å². The van der Waals surface area contributed by atoms with E-state index in [1.165, 1.54) is 19.4 Å². The first-order valence-corrected chi connectivity index (χ1v) is 5.43. The first kappa shape index (κ1) is 12.7. The minimum absolute atomic E-state index is 0.249. The summed E-state index contributed by atoms with van der Waals surface area (Å²) in [5.74, 6) is 1.38. The maximum absolute atomic E-state index is 11.7. The highest BCUT2D eigenvalue weighted by Crippen LogP contribution is 2.28. The molecule has 0 aliphatic rings. The number of ether oxygens (including phenoxy) is 2. The fourth-order valence-corrected chi connectivity index (χ4v) is 1.46. The lowest BCUT2D eigenvalue weighted by atomic mass is 10.2. The second kappa shape index (κ2) is 5.76. The number of anilines is 2. The zero-order valence-corrected chi connectivity index (χ0v) is 10.5. The van der Waals surface area contributed by atoms with Crippen LogP contribution in [-0.2, 0) is 0 Å². The summed E-state index contributed by atoms with van der Waals surface area (Å²) in [6.07, 6.45) is 1.43. The molecule has 7 heteroatoms. The number of amides is 2. The SMILES string of the molecule is COc1ccc(OC)c(NC(=O)Nc2ccno2)c1. The van der Waals surface area contributed by atoms with Gasteiger partial charge >= 0.3 is 6.03 Å². The standard InChI is InChI=1S/C12H13N3O4/c1-17-8-3-4-10(18-2)9(7-8)14-12(16)15-11-5-6-13-19-11/h3-7H,1-2H3,(H2,14,15,16). The van der Waals surface area contributed by atoms with Gasteiger partial charge in [0.2, 0.25) is 5.88 Å². The molecule has 0 spiro atoms. The fourth-order valence-electron chi connectivity index (χ4n) is 1.46. The second-order valence-electron chi connectivity index (χ2n) is 3.52. The average molecular weight is 263 g/mol. The minimum Gasteiger partial charge on any atom is -0.497 e. The summed E-state index contributed by atoms with van der Waals surface area (Å²) in [7, 11) is 3.06. The summed E-state index contributed by atoms with van der Waals surface area (Å²) >= 11 is 0. The Bertz CT molecular complexity index is 554. The first-order valence-electron chi connectivity index (χ1n) is 5.43. The predicted octanol–water partition coefficient (Wildman–Crippen LogP) is 2.34. The third kappa shape index (κ3) is 3.15. The topological polar surface area (TPSA) is 85.6 Å². The van der Waals surface area contributed by atoms with Crippen LogP contribution in [0.4, 0.5) is 16.4 Å². The Morgan fingerprint density at radius 1 is 1.21 bits per heavy atom. The van der Waals surface area contributed by atoms with E-state index in [0.717, 1.165) is 0 Å². The van der Waals surface area contributed by atoms with E-state index in [4.69, 9.17) is 14.0 Å². The minimum atomic E-state index is -0.469. The summed E-state index contributed by atoms with van der Waals surface area (Å²) in [4.78, 5) is 11.7. The van der Waals surface area contributed by atoms with Gasteiger partial charge in [-0.2, -0.15) is 0 Å². The number of aromatic nitrogens is 1. The molecule has 7 nitrogen and oxygen atoms in total. The van der Waals surface area contributed by atoms with Crippen LogP contribution in [0.5, 0.6) is 11.5 Å². The Morgan fingerprint density at radius 3 is 2.68 bits per heavy atom. The van der Waals surface area contributed by atoms with Crippen molar-refractivity contribution in [3.8, 4) is 11.5 Å². The first-order chi connectivity index (χ1) is 9.22. The molecule has 19 heavy (non-hydrogen) atoms. The van der Waals surface area contributed by atoms with Crippen LogP contribution >= 0.6 is 0 Å². The molecule has 0 bridgehead atoms. The van der Waals surface area contributed by atoms with Crippen LogP contribution in [0.1, 0.15) is 0 Å². The van der Waals surface area contributed by atoms with Gasteiger partial charge in [-0.3, -0.25) is 5.32 Å². The molecule has 2 amide bonds. The van der Waals surface area contributed by atoms with Crippen LogP contribution in [0.2, 0.25) is 0 Å². The Morgan fingerprint density at radius 2 is 2.05 bits per heavy atom. The zero-order chi connectivity index (χ0) is 13.7. The van der Waals surface area contributed by atoms with Gasteiger partial charge in [-0.1, -0.05) is 5.16 Å². The van der Waals surface area contributed by atoms with E-state index in [2.05, 4.69) is 15.8 Å². The number of nitrogens with zero attached hydrogens (tertiary/aromatic N) is 1. The van der Waals surface area contributed by atoms with E-state index in [1.807, 2.05) is 0 Å². The van der Waals surface area contributed by atoms with Gasteiger partial charge in [0.1, 0.15) is 11.5 Å². The van der Waals surface area contributed by atoms with E-state index in [1.54, 1.807) is 25.3 Å². The third-order valence-electron chi connectivity index (χ3n) is 2.33. The van der Waals surface area contributed by atoms with Gasteiger partial charge in [0.15, 0.2) is 0 Å². The quantitative estimate of drug-likeness (QED) is 0.884.